The molecule has 1 fully saturated rings. The highest BCUT2D eigenvalue weighted by molar-refractivity contribution is 6.35. The summed E-state index contributed by atoms with van der Waals surface area (Å²) in [6.45, 7) is 8.37. The molecule has 0 radical (unpaired) electrons. The Bertz CT molecular complexity index is 1680. The van der Waals surface area contributed by atoms with E-state index in [-0.39, 0.29) is 0 Å². The number of aryl methyl sites for hydroxylation is 3. The lowest BCUT2D eigenvalue weighted by Crippen LogP contribution is -2.31. The molecule has 1 N–H and O–H groups in total. The smallest absolute Gasteiger partial charge is 0.131 e. The van der Waals surface area contributed by atoms with E-state index in [1.165, 1.54) is 57.7 Å². The zero-order valence-electron chi connectivity index (χ0n) is 22.9. The Hall–Kier alpha value is -3.57. The number of hydrogen-bond donors (Lipinski definition) is 1. The molecule has 4 heterocycles. The maximum absolute atomic E-state index is 6.62. The van der Waals surface area contributed by atoms with Crippen LogP contribution in [0.15, 0.2) is 54.9 Å². The van der Waals surface area contributed by atoms with Crippen molar-refractivity contribution in [2.75, 3.05) is 11.4 Å². The zero-order chi connectivity index (χ0) is 26.7. The maximum Gasteiger partial charge on any atom is 0.131 e. The summed E-state index contributed by atoms with van der Waals surface area (Å²) in [6, 6.07) is 15.3. The maximum atomic E-state index is 6.62. The van der Waals surface area contributed by atoms with Crippen molar-refractivity contribution in [1.29, 1.82) is 0 Å². The molecule has 0 unspecified atom stereocenters. The number of halogens is 1. The number of aromatic amines is 1. The van der Waals surface area contributed by atoms with E-state index in [0.29, 0.717) is 5.92 Å². The second-order valence-electron chi connectivity index (χ2n) is 11.0. The van der Waals surface area contributed by atoms with Crippen LogP contribution in [0.2, 0.25) is 5.02 Å². The van der Waals surface area contributed by atoms with Crippen LogP contribution in [-0.2, 0) is 25.8 Å². The molecule has 0 bridgehead atoms. The summed E-state index contributed by atoms with van der Waals surface area (Å²) in [6.07, 6.45) is 9.47. The Morgan fingerprint density at radius 2 is 1.85 bits per heavy atom. The van der Waals surface area contributed by atoms with Gasteiger partial charge in [-0.1, -0.05) is 55.8 Å². The number of benzene rings is 2. The Morgan fingerprint density at radius 1 is 1.05 bits per heavy atom. The number of pyridine rings is 1. The van der Waals surface area contributed by atoms with E-state index < -0.39 is 0 Å². The van der Waals surface area contributed by atoms with Crippen LogP contribution < -0.4 is 4.90 Å². The Morgan fingerprint density at radius 3 is 2.56 bits per heavy atom. The number of aromatic nitrogens is 4. The fraction of sp³-hybridized carbons (Fsp3) is 0.333. The second-order valence-corrected chi connectivity index (χ2v) is 11.4. The van der Waals surface area contributed by atoms with Gasteiger partial charge in [-0.15, -0.1) is 0 Å². The summed E-state index contributed by atoms with van der Waals surface area (Å²) in [5.41, 5.74) is 12.3. The molecule has 0 atom stereocenters. The first-order valence-corrected chi connectivity index (χ1v) is 14.6. The van der Waals surface area contributed by atoms with E-state index in [0.717, 1.165) is 59.7 Å². The van der Waals surface area contributed by atoms with Gasteiger partial charge in [0.2, 0.25) is 0 Å². The molecule has 5 nitrogen and oxygen atoms in total. The van der Waals surface area contributed by atoms with Crippen molar-refractivity contribution in [2.45, 2.75) is 65.3 Å². The average Bonchev–Trinajstić information content (AvgIpc) is 3.57. The third-order valence-corrected chi connectivity index (χ3v) is 8.87. The zero-order valence-corrected chi connectivity index (χ0v) is 23.6. The summed E-state index contributed by atoms with van der Waals surface area (Å²) in [5.74, 6) is 1.80. The molecule has 0 saturated heterocycles. The molecule has 7 rings (SSSR count). The van der Waals surface area contributed by atoms with E-state index in [9.17, 15) is 0 Å². The van der Waals surface area contributed by atoms with Crippen molar-refractivity contribution in [3.63, 3.8) is 0 Å². The molecule has 5 aromatic rings. The summed E-state index contributed by atoms with van der Waals surface area (Å²) >= 11 is 6.62. The van der Waals surface area contributed by atoms with Gasteiger partial charge in [-0.3, -0.25) is 0 Å². The van der Waals surface area contributed by atoms with Crippen molar-refractivity contribution in [2.24, 2.45) is 0 Å². The number of para-hydroxylation sites is 1. The molecule has 2 aromatic carbocycles. The van der Waals surface area contributed by atoms with Gasteiger partial charge in [-0.05, 0) is 72.9 Å². The van der Waals surface area contributed by atoms with Crippen LogP contribution in [0.25, 0.3) is 27.8 Å². The van der Waals surface area contributed by atoms with E-state index in [4.69, 9.17) is 21.7 Å². The molecule has 6 heteroatoms. The molecular formula is C33H34ClN5. The van der Waals surface area contributed by atoms with E-state index in [1.54, 1.807) is 0 Å². The Balaban J connectivity index is 1.43. The van der Waals surface area contributed by atoms with Crippen molar-refractivity contribution in [3.05, 3.63) is 93.4 Å². The lowest BCUT2D eigenvalue weighted by Gasteiger charge is -2.29. The minimum absolute atomic E-state index is 0.711. The number of hydrogen-bond acceptors (Lipinski definition) is 3. The van der Waals surface area contributed by atoms with Crippen LogP contribution in [-0.4, -0.2) is 26.3 Å². The molecule has 1 aliphatic carbocycles. The minimum atomic E-state index is 0.711. The SMILES string of the molecule is CCc1cccc(CC)c1-n1nc2c(c1-c1ccc(Cl)c3[nH]ccc13)CN(c1ncc(C3CC3)cc1C)CC2. The lowest BCUT2D eigenvalue weighted by molar-refractivity contribution is 0.702. The molecule has 1 aliphatic heterocycles. The number of rotatable bonds is 6. The quantitative estimate of drug-likeness (QED) is 0.240. The van der Waals surface area contributed by atoms with Crippen LogP contribution in [0, 0.1) is 6.92 Å². The fourth-order valence-corrected chi connectivity index (χ4v) is 6.59. The Kier molecular flexibility index (Phi) is 6.00. The molecule has 39 heavy (non-hydrogen) atoms. The average molecular weight is 536 g/mol. The molecule has 2 aliphatic rings. The highest BCUT2D eigenvalue weighted by Crippen LogP contribution is 2.42. The van der Waals surface area contributed by atoms with Gasteiger partial charge in [0.25, 0.3) is 0 Å². The summed E-state index contributed by atoms with van der Waals surface area (Å²) in [4.78, 5) is 10.8. The van der Waals surface area contributed by atoms with Gasteiger partial charge in [0.1, 0.15) is 5.82 Å². The van der Waals surface area contributed by atoms with Crippen molar-refractivity contribution < 1.29 is 0 Å². The largest absolute Gasteiger partial charge is 0.360 e. The van der Waals surface area contributed by atoms with Crippen LogP contribution in [0.4, 0.5) is 5.82 Å². The Labute approximate surface area is 234 Å². The third-order valence-electron chi connectivity index (χ3n) is 8.56. The summed E-state index contributed by atoms with van der Waals surface area (Å²) in [5, 5.41) is 7.21. The first-order valence-electron chi connectivity index (χ1n) is 14.3. The molecule has 0 amide bonds. The predicted octanol–water partition coefficient (Wildman–Crippen LogP) is 7.94. The van der Waals surface area contributed by atoms with E-state index in [2.05, 4.69) is 77.9 Å². The van der Waals surface area contributed by atoms with Gasteiger partial charge in [0.05, 0.1) is 27.6 Å². The lowest BCUT2D eigenvalue weighted by atomic mass is 9.97. The van der Waals surface area contributed by atoms with E-state index >= 15 is 0 Å². The molecular weight excluding hydrogens is 502 g/mol. The van der Waals surface area contributed by atoms with Crippen LogP contribution in [0.3, 0.4) is 0 Å². The highest BCUT2D eigenvalue weighted by atomic mass is 35.5. The van der Waals surface area contributed by atoms with E-state index in [1.807, 2.05) is 12.3 Å². The highest BCUT2D eigenvalue weighted by Gasteiger charge is 2.30. The van der Waals surface area contributed by atoms with Crippen molar-refractivity contribution in [3.8, 4) is 16.9 Å². The normalized spacial score (nSPS) is 15.2. The van der Waals surface area contributed by atoms with Gasteiger partial charge in [-0.2, -0.15) is 5.10 Å². The number of nitrogens with one attached hydrogen (secondary N) is 1. The summed E-state index contributed by atoms with van der Waals surface area (Å²) < 4.78 is 2.25. The summed E-state index contributed by atoms with van der Waals surface area (Å²) in [7, 11) is 0. The number of fused-ring (bicyclic) bond motifs is 2. The van der Waals surface area contributed by atoms with Crippen molar-refractivity contribution in [1.82, 2.24) is 19.7 Å². The third kappa shape index (κ3) is 4.06. The van der Waals surface area contributed by atoms with Gasteiger partial charge in [0, 0.05) is 48.4 Å². The number of anilines is 1. The molecule has 0 spiro atoms. The first kappa shape index (κ1) is 24.5. The monoisotopic (exact) mass is 535 g/mol. The van der Waals surface area contributed by atoms with Gasteiger partial charge in [-0.25, -0.2) is 9.67 Å². The minimum Gasteiger partial charge on any atom is -0.360 e. The number of nitrogens with zero attached hydrogens (tertiary/aromatic N) is 4. The second kappa shape index (κ2) is 9.56. The molecule has 1 saturated carbocycles. The number of H-pyrrole nitrogens is 1. The molecule has 198 valence electrons. The van der Waals surface area contributed by atoms with Gasteiger partial charge < -0.3 is 9.88 Å². The fourth-order valence-electron chi connectivity index (χ4n) is 6.37. The first-order chi connectivity index (χ1) is 19.1. The topological polar surface area (TPSA) is 49.7 Å². The van der Waals surface area contributed by atoms with Crippen LogP contribution in [0.5, 0.6) is 0 Å². The van der Waals surface area contributed by atoms with Gasteiger partial charge in [0.15, 0.2) is 0 Å². The standard InChI is InChI=1S/C33H34ClN5/c1-4-21-7-6-8-22(5-2)31(21)39-32(26-11-12-28(34)30-25(26)13-15-35-30)27-19-38(16-14-29(27)37-39)33-20(3)17-24(18-36-33)23-9-10-23/h6-8,11-13,15,17-18,23,35H,4-5,9-10,14,16,19H2,1-3H3. The van der Waals surface area contributed by atoms with Crippen LogP contribution >= 0.6 is 11.6 Å². The molecule has 3 aromatic heterocycles. The van der Waals surface area contributed by atoms with Gasteiger partial charge >= 0.3 is 0 Å². The predicted molar refractivity (Wildman–Crippen MR) is 160 cm³/mol. The van der Waals surface area contributed by atoms with Crippen molar-refractivity contribution >= 4 is 28.3 Å². The van der Waals surface area contributed by atoms with Crippen LogP contribution in [0.1, 0.15) is 66.1 Å².